The van der Waals surface area contributed by atoms with Gasteiger partial charge in [0.05, 0.1) is 0 Å². The van der Waals surface area contributed by atoms with Gasteiger partial charge in [0.2, 0.25) is 0 Å². The number of fused-ring (bicyclic) bond motifs is 5. The van der Waals surface area contributed by atoms with Gasteiger partial charge in [-0.15, -0.1) is 0 Å². The van der Waals surface area contributed by atoms with Crippen molar-refractivity contribution in [2.24, 2.45) is 40.4 Å². The number of hydrogen-bond donors (Lipinski definition) is 0. The van der Waals surface area contributed by atoms with E-state index in [-0.39, 0.29) is 35.5 Å². The molecule has 0 aromatic rings. The van der Waals surface area contributed by atoms with E-state index in [2.05, 4.69) is 13.8 Å². The van der Waals surface area contributed by atoms with Crippen LogP contribution < -0.4 is 0 Å². The van der Waals surface area contributed by atoms with Gasteiger partial charge in [0.25, 0.3) is 0 Å². The molecule has 0 bridgehead atoms. The minimum absolute atomic E-state index is 0.0774. The van der Waals surface area contributed by atoms with Crippen LogP contribution in [0.5, 0.6) is 0 Å². The van der Waals surface area contributed by atoms with Gasteiger partial charge in [0.15, 0.2) is 0 Å². The molecule has 4 rings (SSSR count). The van der Waals surface area contributed by atoms with E-state index in [0.29, 0.717) is 11.3 Å². The Bertz CT molecular complexity index is 659. The Morgan fingerprint density at radius 2 is 1.66 bits per heavy atom. The molecule has 0 amide bonds. The van der Waals surface area contributed by atoms with Gasteiger partial charge < -0.3 is 9.47 Å². The smallest absolute Gasteiger partial charge is 0.302 e. The molecule has 0 aromatic heterocycles. The summed E-state index contributed by atoms with van der Waals surface area (Å²) >= 11 is 0. The summed E-state index contributed by atoms with van der Waals surface area (Å²) in [6.45, 7) is 9.98. The summed E-state index contributed by atoms with van der Waals surface area (Å²) in [7, 11) is 0. The fraction of sp³-hybridized carbons (Fsp3) is 0.920. The van der Waals surface area contributed by atoms with E-state index in [1.807, 2.05) is 6.92 Å². The Morgan fingerprint density at radius 3 is 2.34 bits per heavy atom. The second-order valence-electron chi connectivity index (χ2n) is 11.2. The van der Waals surface area contributed by atoms with Crippen LogP contribution in [-0.4, -0.2) is 24.1 Å². The van der Waals surface area contributed by atoms with Gasteiger partial charge in [0.1, 0.15) is 12.2 Å². The summed E-state index contributed by atoms with van der Waals surface area (Å²) in [6, 6.07) is 0. The zero-order chi connectivity index (χ0) is 21.0. The highest BCUT2D eigenvalue weighted by Crippen LogP contribution is 2.68. The van der Waals surface area contributed by atoms with Crippen molar-refractivity contribution in [2.45, 2.75) is 105 Å². The molecule has 164 valence electrons. The Kier molecular flexibility index (Phi) is 5.53. The molecule has 0 saturated heterocycles. The van der Waals surface area contributed by atoms with E-state index in [1.54, 1.807) is 0 Å². The third kappa shape index (κ3) is 3.43. The molecule has 0 radical (unpaired) electrons. The van der Waals surface area contributed by atoms with Gasteiger partial charge in [-0.2, -0.15) is 0 Å². The molecule has 9 atom stereocenters. The molecule has 0 heterocycles. The van der Waals surface area contributed by atoms with E-state index in [4.69, 9.17) is 9.47 Å². The molecular formula is C25H40O4. The quantitative estimate of drug-likeness (QED) is 0.581. The number of esters is 2. The minimum Gasteiger partial charge on any atom is -0.462 e. The number of carbonyl (C=O) groups excluding carboxylic acids is 2. The van der Waals surface area contributed by atoms with Crippen LogP contribution in [0.3, 0.4) is 0 Å². The fourth-order valence-corrected chi connectivity index (χ4v) is 8.83. The van der Waals surface area contributed by atoms with Crippen molar-refractivity contribution in [1.29, 1.82) is 0 Å². The van der Waals surface area contributed by atoms with Gasteiger partial charge in [0, 0.05) is 19.8 Å². The average Bonchev–Trinajstić information content (AvgIpc) is 2.91. The van der Waals surface area contributed by atoms with Crippen molar-refractivity contribution < 1.29 is 19.1 Å². The van der Waals surface area contributed by atoms with Gasteiger partial charge in [-0.25, -0.2) is 0 Å². The summed E-state index contributed by atoms with van der Waals surface area (Å²) < 4.78 is 11.5. The predicted octanol–water partition coefficient (Wildman–Crippen LogP) is 5.53. The molecule has 4 heteroatoms. The lowest BCUT2D eigenvalue weighted by atomic mass is 9.45. The molecule has 4 nitrogen and oxygen atoms in total. The lowest BCUT2D eigenvalue weighted by Gasteiger charge is -2.60. The number of rotatable bonds is 3. The second-order valence-corrected chi connectivity index (χ2v) is 11.2. The summed E-state index contributed by atoms with van der Waals surface area (Å²) in [5, 5.41) is 0. The van der Waals surface area contributed by atoms with Crippen LogP contribution >= 0.6 is 0 Å². The molecule has 4 aliphatic rings. The highest BCUT2D eigenvalue weighted by atomic mass is 16.6. The SMILES string of the molecule is CC(=O)OC(C)C1C(OC(C)=O)CC2C3CCC4CCCCC4(C)C3CCC21C. The van der Waals surface area contributed by atoms with Gasteiger partial charge in [-0.1, -0.05) is 26.7 Å². The van der Waals surface area contributed by atoms with Gasteiger partial charge in [-0.3, -0.25) is 9.59 Å². The van der Waals surface area contributed by atoms with Crippen molar-refractivity contribution in [3.05, 3.63) is 0 Å². The topological polar surface area (TPSA) is 52.6 Å². The molecule has 0 N–H and O–H groups in total. The van der Waals surface area contributed by atoms with Crippen LogP contribution in [0, 0.1) is 40.4 Å². The van der Waals surface area contributed by atoms with Crippen LogP contribution in [0.1, 0.15) is 92.4 Å². The largest absolute Gasteiger partial charge is 0.462 e. The normalized spacial score (nSPS) is 47.3. The monoisotopic (exact) mass is 404 g/mol. The van der Waals surface area contributed by atoms with Crippen LogP contribution in [0.2, 0.25) is 0 Å². The maximum atomic E-state index is 11.9. The first kappa shape index (κ1) is 21.2. The summed E-state index contributed by atoms with van der Waals surface area (Å²) in [5.74, 6) is 2.64. The summed E-state index contributed by atoms with van der Waals surface area (Å²) in [5.41, 5.74) is 0.576. The van der Waals surface area contributed by atoms with Crippen LogP contribution in [0.25, 0.3) is 0 Å². The van der Waals surface area contributed by atoms with E-state index in [9.17, 15) is 9.59 Å². The minimum atomic E-state index is -0.241. The van der Waals surface area contributed by atoms with Crippen molar-refractivity contribution >= 4 is 11.9 Å². The van der Waals surface area contributed by atoms with Crippen LogP contribution in [0.15, 0.2) is 0 Å². The fourth-order valence-electron chi connectivity index (χ4n) is 8.83. The predicted molar refractivity (Wildman–Crippen MR) is 112 cm³/mol. The van der Waals surface area contributed by atoms with Crippen LogP contribution in [0.4, 0.5) is 0 Å². The van der Waals surface area contributed by atoms with Crippen molar-refractivity contribution in [1.82, 2.24) is 0 Å². The zero-order valence-electron chi connectivity index (χ0n) is 19.0. The molecule has 4 fully saturated rings. The average molecular weight is 405 g/mol. The van der Waals surface area contributed by atoms with Crippen molar-refractivity contribution in [3.63, 3.8) is 0 Å². The van der Waals surface area contributed by atoms with Crippen LogP contribution in [-0.2, 0) is 19.1 Å². The van der Waals surface area contributed by atoms with Crippen molar-refractivity contribution in [3.8, 4) is 0 Å². The lowest BCUT2D eigenvalue weighted by molar-refractivity contribution is -0.163. The molecular weight excluding hydrogens is 364 g/mol. The maximum absolute atomic E-state index is 11.9. The highest BCUT2D eigenvalue weighted by molar-refractivity contribution is 5.67. The van der Waals surface area contributed by atoms with E-state index in [1.165, 1.54) is 58.8 Å². The molecule has 9 unspecified atom stereocenters. The van der Waals surface area contributed by atoms with E-state index in [0.717, 1.165) is 30.6 Å². The Balaban J connectivity index is 1.64. The Morgan fingerprint density at radius 1 is 0.897 bits per heavy atom. The van der Waals surface area contributed by atoms with Gasteiger partial charge >= 0.3 is 11.9 Å². The van der Waals surface area contributed by atoms with E-state index >= 15 is 0 Å². The summed E-state index contributed by atoms with van der Waals surface area (Å²) in [6.07, 6.45) is 11.3. The molecule has 0 aliphatic heterocycles. The first-order valence-corrected chi connectivity index (χ1v) is 12.0. The number of hydrogen-bond acceptors (Lipinski definition) is 4. The first-order valence-electron chi connectivity index (χ1n) is 12.0. The Labute approximate surface area is 176 Å². The summed E-state index contributed by atoms with van der Waals surface area (Å²) in [4.78, 5) is 23.6. The van der Waals surface area contributed by atoms with Gasteiger partial charge in [-0.05, 0) is 86.4 Å². The zero-order valence-corrected chi connectivity index (χ0v) is 19.0. The first-order chi connectivity index (χ1) is 13.7. The molecule has 0 aromatic carbocycles. The second kappa shape index (κ2) is 7.57. The molecule has 4 aliphatic carbocycles. The molecule has 29 heavy (non-hydrogen) atoms. The number of carbonyl (C=O) groups is 2. The lowest BCUT2D eigenvalue weighted by Crippen LogP contribution is -2.53. The molecule has 0 spiro atoms. The standard InChI is InChI=1S/C25H40O4/c1-15(28-16(2)26)23-22(29-17(3)27)14-21-19-10-9-18-8-6-7-12-24(18,4)20(19)11-13-25(21,23)5/h15,18-23H,6-14H2,1-5H3. The number of ether oxygens (including phenoxy) is 2. The molecule has 4 saturated carbocycles. The highest BCUT2D eigenvalue weighted by Gasteiger charge is 2.64. The maximum Gasteiger partial charge on any atom is 0.302 e. The third-order valence-corrected chi connectivity index (χ3v) is 9.84. The third-order valence-electron chi connectivity index (χ3n) is 9.84. The van der Waals surface area contributed by atoms with E-state index < -0.39 is 0 Å². The Hall–Kier alpha value is -1.06. The van der Waals surface area contributed by atoms with Crippen molar-refractivity contribution in [2.75, 3.05) is 0 Å².